The van der Waals surface area contributed by atoms with Gasteiger partial charge in [0.15, 0.2) is 5.15 Å². The van der Waals surface area contributed by atoms with Crippen LogP contribution >= 0.6 is 11.6 Å². The molecule has 2 aromatic rings. The molecule has 3 heterocycles. The van der Waals surface area contributed by atoms with Crippen molar-refractivity contribution in [2.75, 3.05) is 26.2 Å². The number of nitrogens with one attached hydrogen (secondary N) is 1. The fourth-order valence-corrected chi connectivity index (χ4v) is 3.29. The first-order chi connectivity index (χ1) is 11.7. The van der Waals surface area contributed by atoms with E-state index in [-0.39, 0.29) is 5.91 Å². The molecule has 0 spiro atoms. The Balaban J connectivity index is 1.47. The summed E-state index contributed by atoms with van der Waals surface area (Å²) in [5, 5.41) is 3.33. The van der Waals surface area contributed by atoms with Crippen LogP contribution in [-0.4, -0.2) is 46.4 Å². The van der Waals surface area contributed by atoms with Crippen LogP contribution in [0.3, 0.4) is 0 Å². The number of amides is 1. The summed E-state index contributed by atoms with van der Waals surface area (Å²) in [5.41, 5.74) is 1.49. The van der Waals surface area contributed by atoms with Gasteiger partial charge in [-0.15, -0.1) is 0 Å². The zero-order chi connectivity index (χ0) is 16.8. The number of hydrogen-bond donors (Lipinski definition) is 1. The Labute approximate surface area is 147 Å². The minimum Gasteiger partial charge on any atom is -0.353 e. The molecule has 24 heavy (non-hydrogen) atoms. The molecular weight excluding hydrogens is 324 g/mol. The van der Waals surface area contributed by atoms with E-state index in [0.717, 1.165) is 24.3 Å². The van der Waals surface area contributed by atoms with E-state index in [1.54, 1.807) is 6.08 Å². The second-order valence-electron chi connectivity index (χ2n) is 6.10. The van der Waals surface area contributed by atoms with E-state index in [0.29, 0.717) is 11.7 Å². The van der Waals surface area contributed by atoms with Crippen LogP contribution in [0.25, 0.3) is 11.7 Å². The Bertz CT molecular complexity index is 719. The molecule has 1 N–H and O–H groups in total. The third kappa shape index (κ3) is 4.36. The van der Waals surface area contributed by atoms with E-state index in [9.17, 15) is 4.79 Å². The van der Waals surface area contributed by atoms with Crippen LogP contribution < -0.4 is 5.32 Å². The molecule has 1 amide bonds. The SMILES string of the molecule is O=C(/C=C/c1c(Cl)nc2ccccn12)NCCCN1CCCCC1. The molecule has 2 aromatic heterocycles. The predicted octanol–water partition coefficient (Wildman–Crippen LogP) is 2.99. The van der Waals surface area contributed by atoms with E-state index in [2.05, 4.69) is 15.2 Å². The van der Waals surface area contributed by atoms with Crippen LogP contribution in [0.2, 0.25) is 5.15 Å². The maximum atomic E-state index is 12.0. The van der Waals surface area contributed by atoms with Gasteiger partial charge in [-0.25, -0.2) is 4.98 Å². The van der Waals surface area contributed by atoms with Gasteiger partial charge < -0.3 is 10.2 Å². The van der Waals surface area contributed by atoms with Crippen molar-refractivity contribution in [3.8, 4) is 0 Å². The summed E-state index contributed by atoms with van der Waals surface area (Å²) >= 11 is 6.14. The molecule has 1 aliphatic rings. The largest absolute Gasteiger partial charge is 0.353 e. The Morgan fingerprint density at radius 3 is 2.96 bits per heavy atom. The molecule has 0 atom stereocenters. The number of imidazole rings is 1. The van der Waals surface area contributed by atoms with Gasteiger partial charge in [-0.2, -0.15) is 0 Å². The highest BCUT2D eigenvalue weighted by Gasteiger charge is 2.09. The summed E-state index contributed by atoms with van der Waals surface area (Å²) in [6, 6.07) is 5.69. The average molecular weight is 347 g/mol. The fraction of sp³-hybridized carbons (Fsp3) is 0.444. The lowest BCUT2D eigenvalue weighted by molar-refractivity contribution is -0.116. The molecule has 0 unspecified atom stereocenters. The lowest BCUT2D eigenvalue weighted by Crippen LogP contribution is -2.33. The molecule has 0 saturated carbocycles. The van der Waals surface area contributed by atoms with Gasteiger partial charge in [0.2, 0.25) is 5.91 Å². The van der Waals surface area contributed by atoms with E-state index < -0.39 is 0 Å². The van der Waals surface area contributed by atoms with Crippen LogP contribution in [0, 0.1) is 0 Å². The Kier molecular flexibility index (Phi) is 5.88. The summed E-state index contributed by atoms with van der Waals surface area (Å²) < 4.78 is 1.86. The number of carbonyl (C=O) groups is 1. The Morgan fingerprint density at radius 2 is 2.12 bits per heavy atom. The van der Waals surface area contributed by atoms with Gasteiger partial charge >= 0.3 is 0 Å². The topological polar surface area (TPSA) is 49.6 Å². The number of rotatable bonds is 6. The lowest BCUT2D eigenvalue weighted by atomic mass is 10.1. The monoisotopic (exact) mass is 346 g/mol. The first-order valence-electron chi connectivity index (χ1n) is 8.55. The van der Waals surface area contributed by atoms with Crippen molar-refractivity contribution < 1.29 is 4.79 Å². The molecule has 128 valence electrons. The zero-order valence-corrected chi connectivity index (χ0v) is 14.5. The summed E-state index contributed by atoms with van der Waals surface area (Å²) in [7, 11) is 0. The Hall–Kier alpha value is -1.85. The van der Waals surface area contributed by atoms with Gasteiger partial charge in [0.05, 0.1) is 5.69 Å². The summed E-state index contributed by atoms with van der Waals surface area (Å²) in [4.78, 5) is 18.7. The third-order valence-corrected chi connectivity index (χ3v) is 4.59. The summed E-state index contributed by atoms with van der Waals surface area (Å²) in [6.07, 6.45) is 10.0. The Morgan fingerprint density at radius 1 is 1.29 bits per heavy atom. The number of aromatic nitrogens is 2. The van der Waals surface area contributed by atoms with Crippen molar-refractivity contribution in [2.45, 2.75) is 25.7 Å². The van der Waals surface area contributed by atoms with Crippen molar-refractivity contribution in [1.29, 1.82) is 0 Å². The van der Waals surface area contributed by atoms with Crippen LogP contribution in [0.1, 0.15) is 31.4 Å². The van der Waals surface area contributed by atoms with Crippen molar-refractivity contribution in [3.63, 3.8) is 0 Å². The second-order valence-corrected chi connectivity index (χ2v) is 6.45. The van der Waals surface area contributed by atoms with E-state index >= 15 is 0 Å². The van der Waals surface area contributed by atoms with Crippen molar-refractivity contribution in [1.82, 2.24) is 19.6 Å². The van der Waals surface area contributed by atoms with Crippen molar-refractivity contribution in [3.05, 3.63) is 41.3 Å². The van der Waals surface area contributed by atoms with Crippen LogP contribution in [0.5, 0.6) is 0 Å². The van der Waals surface area contributed by atoms with Gasteiger partial charge in [0.25, 0.3) is 0 Å². The number of halogens is 1. The first kappa shape index (κ1) is 17.0. The molecule has 0 bridgehead atoms. The second kappa shape index (κ2) is 8.31. The number of nitrogens with zero attached hydrogens (tertiary/aromatic N) is 3. The fourth-order valence-electron chi connectivity index (χ4n) is 3.05. The molecule has 0 aliphatic carbocycles. The summed E-state index contributed by atoms with van der Waals surface area (Å²) in [6.45, 7) is 4.14. The predicted molar refractivity (Wildman–Crippen MR) is 97.2 cm³/mol. The van der Waals surface area contributed by atoms with Gasteiger partial charge in [-0.3, -0.25) is 9.20 Å². The number of pyridine rings is 1. The highest BCUT2D eigenvalue weighted by Crippen LogP contribution is 2.18. The highest BCUT2D eigenvalue weighted by molar-refractivity contribution is 6.31. The number of hydrogen-bond acceptors (Lipinski definition) is 3. The number of carbonyl (C=O) groups excluding carboxylic acids is 1. The van der Waals surface area contributed by atoms with E-state index in [1.807, 2.05) is 28.8 Å². The molecule has 0 radical (unpaired) electrons. The van der Waals surface area contributed by atoms with Crippen LogP contribution in [0.4, 0.5) is 0 Å². The van der Waals surface area contributed by atoms with Crippen LogP contribution in [-0.2, 0) is 4.79 Å². The number of fused-ring (bicyclic) bond motifs is 1. The molecule has 6 heteroatoms. The third-order valence-electron chi connectivity index (χ3n) is 4.31. The molecule has 1 fully saturated rings. The minimum atomic E-state index is -0.101. The smallest absolute Gasteiger partial charge is 0.244 e. The lowest BCUT2D eigenvalue weighted by Gasteiger charge is -2.26. The molecule has 1 aliphatic heterocycles. The molecule has 3 rings (SSSR count). The molecule has 1 saturated heterocycles. The minimum absolute atomic E-state index is 0.101. The van der Waals surface area contributed by atoms with Gasteiger partial charge in [0.1, 0.15) is 5.65 Å². The normalized spacial score (nSPS) is 16.0. The summed E-state index contributed by atoms with van der Waals surface area (Å²) in [5.74, 6) is -0.101. The quantitative estimate of drug-likeness (QED) is 0.646. The highest BCUT2D eigenvalue weighted by atomic mass is 35.5. The molecular formula is C18H23ClN4O. The zero-order valence-electron chi connectivity index (χ0n) is 13.7. The van der Waals surface area contributed by atoms with Crippen molar-refractivity contribution in [2.24, 2.45) is 0 Å². The van der Waals surface area contributed by atoms with E-state index in [1.165, 1.54) is 38.4 Å². The average Bonchev–Trinajstić information content (AvgIpc) is 2.93. The van der Waals surface area contributed by atoms with E-state index in [4.69, 9.17) is 11.6 Å². The maximum absolute atomic E-state index is 12.0. The van der Waals surface area contributed by atoms with Gasteiger partial charge in [-0.1, -0.05) is 24.1 Å². The van der Waals surface area contributed by atoms with Crippen molar-refractivity contribution >= 4 is 29.2 Å². The van der Waals surface area contributed by atoms with Gasteiger partial charge in [0, 0.05) is 18.8 Å². The number of piperidine rings is 1. The van der Waals surface area contributed by atoms with Crippen LogP contribution in [0.15, 0.2) is 30.5 Å². The standard InChI is InChI=1S/C18H23ClN4O/c19-18-15(23-14-5-2-7-16(23)21-18)8-9-17(24)20-10-6-13-22-11-3-1-4-12-22/h2,5,7-9,14H,1,3-4,6,10-13H2,(H,20,24)/b9-8+. The maximum Gasteiger partial charge on any atom is 0.244 e. The molecule has 5 nitrogen and oxygen atoms in total. The van der Waals surface area contributed by atoms with Gasteiger partial charge in [-0.05, 0) is 57.1 Å². The molecule has 0 aromatic carbocycles. The number of likely N-dealkylation sites (tertiary alicyclic amines) is 1. The first-order valence-corrected chi connectivity index (χ1v) is 8.93.